The molecule has 2 aromatic rings. The van der Waals surface area contributed by atoms with E-state index in [4.69, 9.17) is 4.74 Å². The van der Waals surface area contributed by atoms with E-state index in [1.165, 1.54) is 0 Å². The lowest BCUT2D eigenvalue weighted by Gasteiger charge is -2.38. The zero-order chi connectivity index (χ0) is 23.9. The van der Waals surface area contributed by atoms with Gasteiger partial charge >= 0.3 is 6.09 Å². The molecule has 2 amide bonds. The smallest absolute Gasteiger partial charge is 0.410 e. The molecule has 4 heterocycles. The maximum atomic E-state index is 13.6. The number of piperidine rings is 1. The van der Waals surface area contributed by atoms with Gasteiger partial charge in [-0.25, -0.2) is 9.78 Å². The molecule has 4 rings (SSSR count). The average Bonchev–Trinajstić information content (AvgIpc) is 3.25. The molecule has 0 bridgehead atoms. The van der Waals surface area contributed by atoms with Gasteiger partial charge in [0.1, 0.15) is 6.61 Å². The molecule has 0 unspecified atom stereocenters. The third kappa shape index (κ3) is 4.69. The number of pyridine rings is 1. The van der Waals surface area contributed by atoms with E-state index in [1.54, 1.807) is 22.6 Å². The summed E-state index contributed by atoms with van der Waals surface area (Å²) in [6.45, 7) is 12.3. The van der Waals surface area contributed by atoms with Crippen LogP contribution in [0, 0.1) is 12.8 Å². The molecule has 0 saturated carbocycles. The number of hydrogen-bond donors (Lipinski definition) is 0. The van der Waals surface area contributed by atoms with Gasteiger partial charge in [-0.15, -0.1) is 11.8 Å². The molecule has 0 radical (unpaired) electrons. The molecule has 33 heavy (non-hydrogen) atoms. The van der Waals surface area contributed by atoms with E-state index >= 15 is 0 Å². The highest BCUT2D eigenvalue weighted by Crippen LogP contribution is 2.36. The summed E-state index contributed by atoms with van der Waals surface area (Å²) in [6.07, 6.45) is 3.98. The Morgan fingerprint density at radius 2 is 1.94 bits per heavy atom. The molecule has 2 fully saturated rings. The molecule has 2 aliphatic rings. The van der Waals surface area contributed by atoms with E-state index in [9.17, 15) is 9.59 Å². The van der Waals surface area contributed by atoms with Gasteiger partial charge in [0.05, 0.1) is 22.7 Å². The number of nitrogens with zero attached hydrogens (tertiary/aromatic N) is 5. The van der Waals surface area contributed by atoms with Gasteiger partial charge in [0.2, 0.25) is 0 Å². The molecular formula is C24H35N5O3S. The van der Waals surface area contributed by atoms with Crippen LogP contribution in [-0.2, 0) is 11.8 Å². The molecule has 9 heteroatoms. The summed E-state index contributed by atoms with van der Waals surface area (Å²) in [5, 5.41) is 5.82. The Morgan fingerprint density at radius 3 is 2.58 bits per heavy atom. The van der Waals surface area contributed by atoms with Crippen molar-refractivity contribution in [2.75, 3.05) is 19.7 Å². The monoisotopic (exact) mass is 473 g/mol. The SMILES string of the molecule is Cc1nn(C)c2ncc(C(=O)N3CCC(N4C(=O)OC[C@@H]4CC(C)C)CC3)c(SC(C)C)c12. The Bertz CT molecular complexity index is 1040. The maximum absolute atomic E-state index is 13.6. The first-order valence-electron chi connectivity index (χ1n) is 11.9. The highest BCUT2D eigenvalue weighted by atomic mass is 32.2. The second-order valence-electron chi connectivity index (χ2n) is 9.87. The van der Waals surface area contributed by atoms with Crippen LogP contribution in [0.3, 0.4) is 0 Å². The molecule has 0 aromatic carbocycles. The second-order valence-corrected chi connectivity index (χ2v) is 11.5. The number of ether oxygens (including phenoxy) is 1. The van der Waals surface area contributed by atoms with Crippen molar-refractivity contribution >= 4 is 34.8 Å². The van der Waals surface area contributed by atoms with Crippen LogP contribution < -0.4 is 0 Å². The summed E-state index contributed by atoms with van der Waals surface area (Å²) in [4.78, 5) is 35.4. The Balaban J connectivity index is 1.53. The topological polar surface area (TPSA) is 80.6 Å². The Hall–Kier alpha value is -2.29. The van der Waals surface area contributed by atoms with Crippen molar-refractivity contribution in [1.29, 1.82) is 0 Å². The maximum Gasteiger partial charge on any atom is 0.410 e. The number of hydrogen-bond acceptors (Lipinski definition) is 6. The van der Waals surface area contributed by atoms with Crippen LogP contribution in [0.4, 0.5) is 4.79 Å². The largest absolute Gasteiger partial charge is 0.447 e. The van der Waals surface area contributed by atoms with Crippen LogP contribution in [-0.4, -0.2) is 73.6 Å². The number of aryl methyl sites for hydroxylation is 2. The van der Waals surface area contributed by atoms with Crippen LogP contribution in [0.5, 0.6) is 0 Å². The minimum atomic E-state index is -0.206. The molecule has 0 spiro atoms. The molecular weight excluding hydrogens is 438 g/mol. The number of amides is 2. The summed E-state index contributed by atoms with van der Waals surface area (Å²) in [5.41, 5.74) is 2.34. The number of thioether (sulfide) groups is 1. The fraction of sp³-hybridized carbons (Fsp3) is 0.667. The number of carbonyl (C=O) groups is 2. The molecule has 180 valence electrons. The van der Waals surface area contributed by atoms with Crippen LogP contribution in [0.2, 0.25) is 0 Å². The van der Waals surface area contributed by atoms with Crippen molar-refractivity contribution < 1.29 is 14.3 Å². The third-order valence-corrected chi connectivity index (χ3v) is 7.59. The lowest BCUT2D eigenvalue weighted by atomic mass is 9.98. The number of fused-ring (bicyclic) bond motifs is 1. The van der Waals surface area contributed by atoms with Crippen molar-refractivity contribution in [3.8, 4) is 0 Å². The zero-order valence-electron chi connectivity index (χ0n) is 20.5. The van der Waals surface area contributed by atoms with Gasteiger partial charge in [-0.2, -0.15) is 5.10 Å². The van der Waals surface area contributed by atoms with Gasteiger partial charge in [0, 0.05) is 42.5 Å². The minimum Gasteiger partial charge on any atom is -0.447 e. The number of rotatable bonds is 6. The van der Waals surface area contributed by atoms with E-state index in [2.05, 4.69) is 37.8 Å². The molecule has 0 N–H and O–H groups in total. The van der Waals surface area contributed by atoms with Gasteiger partial charge in [-0.05, 0) is 32.1 Å². The Morgan fingerprint density at radius 1 is 1.24 bits per heavy atom. The lowest BCUT2D eigenvalue weighted by molar-refractivity contribution is 0.0627. The molecule has 8 nitrogen and oxygen atoms in total. The van der Waals surface area contributed by atoms with E-state index in [1.807, 2.05) is 23.8 Å². The van der Waals surface area contributed by atoms with Crippen molar-refractivity contribution in [2.24, 2.45) is 13.0 Å². The standard InChI is InChI=1S/C24H35N5O3S/c1-14(2)11-18-13-32-24(31)29(18)17-7-9-28(10-8-17)23(30)19-12-25-22-20(16(5)26-27(22)6)21(19)33-15(3)4/h12,14-15,17-18H,7-11,13H2,1-6H3/t18-/m0/s1. The highest BCUT2D eigenvalue weighted by molar-refractivity contribution is 8.00. The minimum absolute atomic E-state index is 0.0111. The number of aromatic nitrogens is 3. The lowest BCUT2D eigenvalue weighted by Crippen LogP contribution is -2.50. The highest BCUT2D eigenvalue weighted by Gasteiger charge is 2.40. The van der Waals surface area contributed by atoms with E-state index in [0.717, 1.165) is 40.9 Å². The molecule has 0 aliphatic carbocycles. The van der Waals surface area contributed by atoms with Gasteiger partial charge in [0.15, 0.2) is 5.65 Å². The summed E-state index contributed by atoms with van der Waals surface area (Å²) >= 11 is 1.69. The van der Waals surface area contributed by atoms with Crippen LogP contribution in [0.1, 0.15) is 63.0 Å². The van der Waals surface area contributed by atoms with Crippen molar-refractivity contribution in [3.63, 3.8) is 0 Å². The van der Waals surface area contributed by atoms with Gasteiger partial charge in [-0.3, -0.25) is 14.4 Å². The first kappa shape index (κ1) is 23.9. The van der Waals surface area contributed by atoms with Crippen molar-refractivity contribution in [2.45, 2.75) is 76.1 Å². The van der Waals surface area contributed by atoms with E-state index in [-0.39, 0.29) is 24.1 Å². The van der Waals surface area contributed by atoms with E-state index < -0.39 is 0 Å². The van der Waals surface area contributed by atoms with E-state index in [0.29, 0.717) is 36.4 Å². The van der Waals surface area contributed by atoms with Crippen LogP contribution in [0.25, 0.3) is 11.0 Å². The quantitative estimate of drug-likeness (QED) is 0.584. The van der Waals surface area contributed by atoms with Gasteiger partial charge < -0.3 is 9.64 Å². The van der Waals surface area contributed by atoms with Crippen molar-refractivity contribution in [3.05, 3.63) is 17.5 Å². The molecule has 2 aliphatic heterocycles. The number of carbonyl (C=O) groups excluding carboxylic acids is 2. The van der Waals surface area contributed by atoms with Crippen LogP contribution >= 0.6 is 11.8 Å². The van der Waals surface area contributed by atoms with Gasteiger partial charge in [0.25, 0.3) is 5.91 Å². The Kier molecular flexibility index (Phi) is 6.88. The fourth-order valence-corrected chi connectivity index (χ4v) is 6.15. The summed E-state index contributed by atoms with van der Waals surface area (Å²) in [7, 11) is 1.88. The number of cyclic esters (lactones) is 1. The van der Waals surface area contributed by atoms with Gasteiger partial charge in [-0.1, -0.05) is 27.7 Å². The summed E-state index contributed by atoms with van der Waals surface area (Å²) in [5.74, 6) is 0.515. The first-order valence-corrected chi connectivity index (χ1v) is 12.8. The zero-order valence-corrected chi connectivity index (χ0v) is 21.3. The predicted molar refractivity (Wildman–Crippen MR) is 130 cm³/mol. The summed E-state index contributed by atoms with van der Waals surface area (Å²) in [6, 6.07) is 0.262. The Labute approximate surface area is 200 Å². The molecule has 2 saturated heterocycles. The van der Waals surface area contributed by atoms with Crippen LogP contribution in [0.15, 0.2) is 11.1 Å². The molecule has 1 atom stereocenters. The number of likely N-dealkylation sites (tertiary alicyclic amines) is 1. The fourth-order valence-electron chi connectivity index (χ4n) is 5.05. The first-order chi connectivity index (χ1) is 15.7. The van der Waals surface area contributed by atoms with Crippen molar-refractivity contribution in [1.82, 2.24) is 24.6 Å². The predicted octanol–water partition coefficient (Wildman–Crippen LogP) is 4.25. The molecule has 2 aromatic heterocycles. The average molecular weight is 474 g/mol. The normalized spacial score (nSPS) is 19.9. The third-order valence-electron chi connectivity index (χ3n) is 6.46. The second kappa shape index (κ2) is 9.52. The summed E-state index contributed by atoms with van der Waals surface area (Å²) < 4.78 is 7.15.